The molecule has 126 valence electrons. The van der Waals surface area contributed by atoms with Gasteiger partial charge in [-0.25, -0.2) is 0 Å². The minimum atomic E-state index is 0.317. The van der Waals surface area contributed by atoms with E-state index in [1.807, 2.05) is 0 Å². The number of nitrogens with zero attached hydrogens (tertiary/aromatic N) is 1. The third kappa shape index (κ3) is 2.29. The molecule has 0 radical (unpaired) electrons. The van der Waals surface area contributed by atoms with Crippen LogP contribution < -0.4 is 4.90 Å². The molecular formula is C23H29N. The smallest absolute Gasteiger partial charge is 0.0409 e. The molecule has 3 aliphatic rings. The summed E-state index contributed by atoms with van der Waals surface area (Å²) in [5.74, 6) is 0. The van der Waals surface area contributed by atoms with E-state index in [9.17, 15) is 0 Å². The van der Waals surface area contributed by atoms with Crippen LogP contribution in [0.25, 0.3) is 11.1 Å². The first-order chi connectivity index (χ1) is 11.4. The van der Waals surface area contributed by atoms with Crippen molar-refractivity contribution in [3.8, 4) is 11.1 Å². The van der Waals surface area contributed by atoms with Gasteiger partial charge in [-0.2, -0.15) is 0 Å². The van der Waals surface area contributed by atoms with Crippen molar-refractivity contribution < 1.29 is 0 Å². The Balaban J connectivity index is 1.81. The molecule has 1 atom stereocenters. The van der Waals surface area contributed by atoms with Crippen molar-refractivity contribution in [2.45, 2.75) is 65.0 Å². The predicted octanol–water partition coefficient (Wildman–Crippen LogP) is 6.21. The lowest BCUT2D eigenvalue weighted by Crippen LogP contribution is -2.65. The fraction of sp³-hybridized carbons (Fsp3) is 0.478. The van der Waals surface area contributed by atoms with Gasteiger partial charge in [-0.05, 0) is 74.6 Å². The van der Waals surface area contributed by atoms with Gasteiger partial charge in [0.05, 0.1) is 0 Å². The molecule has 2 bridgehead atoms. The summed E-state index contributed by atoms with van der Waals surface area (Å²) >= 11 is 0. The van der Waals surface area contributed by atoms with Crippen LogP contribution in [0.1, 0.15) is 52.0 Å². The van der Waals surface area contributed by atoms with Crippen LogP contribution >= 0.6 is 0 Å². The highest BCUT2D eigenvalue weighted by molar-refractivity contribution is 5.71. The normalized spacial score (nSPS) is 32.2. The van der Waals surface area contributed by atoms with E-state index in [1.54, 1.807) is 0 Å². The number of hydrogen-bond donors (Lipinski definition) is 0. The Labute approximate surface area is 146 Å². The second kappa shape index (κ2) is 5.37. The monoisotopic (exact) mass is 319 g/mol. The lowest BCUT2D eigenvalue weighted by Gasteiger charge is -2.63. The number of anilines is 1. The van der Waals surface area contributed by atoms with Crippen LogP contribution in [-0.4, -0.2) is 11.6 Å². The van der Waals surface area contributed by atoms with Crippen LogP contribution in [0.5, 0.6) is 0 Å². The number of fused-ring (bicyclic) bond motifs is 3. The quantitative estimate of drug-likeness (QED) is 0.636. The largest absolute Gasteiger partial charge is 0.363 e. The summed E-state index contributed by atoms with van der Waals surface area (Å²) in [6.07, 6.45) is 5.39. The molecular weight excluding hydrogens is 290 g/mol. The van der Waals surface area contributed by atoms with Gasteiger partial charge in [0.25, 0.3) is 0 Å². The van der Waals surface area contributed by atoms with Gasteiger partial charge in [0.15, 0.2) is 0 Å². The molecule has 1 saturated carbocycles. The molecule has 2 aromatic rings. The van der Waals surface area contributed by atoms with Gasteiger partial charge in [0.1, 0.15) is 0 Å². The molecule has 1 nitrogen and oxygen atoms in total. The number of aryl methyl sites for hydroxylation is 1. The van der Waals surface area contributed by atoms with Gasteiger partial charge >= 0.3 is 0 Å². The summed E-state index contributed by atoms with van der Waals surface area (Å²) in [5.41, 5.74) is 6.27. The Morgan fingerprint density at radius 2 is 1.54 bits per heavy atom. The maximum Gasteiger partial charge on any atom is 0.0409 e. The molecule has 0 amide bonds. The Morgan fingerprint density at radius 1 is 0.875 bits per heavy atom. The Hall–Kier alpha value is -1.76. The topological polar surface area (TPSA) is 3.24 Å². The van der Waals surface area contributed by atoms with E-state index < -0.39 is 0 Å². The summed E-state index contributed by atoms with van der Waals surface area (Å²) in [5, 5.41) is 0. The highest BCUT2D eigenvalue weighted by atomic mass is 15.3. The molecule has 2 saturated heterocycles. The van der Waals surface area contributed by atoms with Gasteiger partial charge in [-0.15, -0.1) is 0 Å². The van der Waals surface area contributed by atoms with E-state index in [0.717, 1.165) is 0 Å². The standard InChI is InChI=1S/C23H29N/c1-17-10-11-20(19-8-6-5-7-9-19)16-21(17)24-18(2)22(3)12-14-23(24,4)15-13-22/h5-11,16,18H,12-15H2,1-4H3/t18-,22?,23?/m0/s1. The molecule has 0 unspecified atom stereocenters. The molecule has 1 heteroatoms. The van der Waals surface area contributed by atoms with Gasteiger partial charge < -0.3 is 4.90 Å². The second-order valence-electron chi connectivity index (χ2n) is 8.56. The Kier molecular flexibility index (Phi) is 3.53. The minimum Gasteiger partial charge on any atom is -0.363 e. The molecule has 24 heavy (non-hydrogen) atoms. The summed E-state index contributed by atoms with van der Waals surface area (Å²) in [7, 11) is 0. The highest BCUT2D eigenvalue weighted by Crippen LogP contribution is 2.55. The van der Waals surface area contributed by atoms with E-state index in [0.29, 0.717) is 17.0 Å². The van der Waals surface area contributed by atoms with Gasteiger partial charge in [0.2, 0.25) is 0 Å². The van der Waals surface area contributed by atoms with Crippen LogP contribution in [0.3, 0.4) is 0 Å². The molecule has 2 heterocycles. The molecule has 0 spiro atoms. The van der Waals surface area contributed by atoms with Crippen LogP contribution in [-0.2, 0) is 0 Å². The molecule has 5 rings (SSSR count). The van der Waals surface area contributed by atoms with Crippen molar-refractivity contribution in [2.24, 2.45) is 5.41 Å². The second-order valence-corrected chi connectivity index (χ2v) is 8.56. The first-order valence-electron chi connectivity index (χ1n) is 9.38. The van der Waals surface area contributed by atoms with Crippen LogP contribution in [0, 0.1) is 12.3 Å². The lowest BCUT2D eigenvalue weighted by molar-refractivity contribution is 0.0509. The molecule has 0 N–H and O–H groups in total. The first-order valence-corrected chi connectivity index (χ1v) is 9.38. The fourth-order valence-corrected chi connectivity index (χ4v) is 4.98. The average Bonchev–Trinajstić information content (AvgIpc) is 2.59. The summed E-state index contributed by atoms with van der Waals surface area (Å²) in [4.78, 5) is 2.77. The molecule has 3 fully saturated rings. The van der Waals surface area contributed by atoms with Crippen molar-refractivity contribution in [1.82, 2.24) is 0 Å². The van der Waals surface area contributed by atoms with Crippen molar-refractivity contribution in [3.05, 3.63) is 54.1 Å². The maximum absolute atomic E-state index is 2.77. The zero-order valence-electron chi connectivity index (χ0n) is 15.5. The number of benzene rings is 2. The van der Waals surface area contributed by atoms with Gasteiger partial charge in [0, 0.05) is 17.3 Å². The van der Waals surface area contributed by atoms with Crippen molar-refractivity contribution in [2.75, 3.05) is 4.90 Å². The molecule has 0 aromatic heterocycles. The number of rotatable bonds is 2. The SMILES string of the molecule is Cc1ccc(-c2ccccc2)cc1N1[C@@H](C)C2(C)CCC1(C)CC2. The average molecular weight is 319 g/mol. The zero-order chi connectivity index (χ0) is 16.9. The summed E-state index contributed by atoms with van der Waals surface area (Å²) < 4.78 is 0. The van der Waals surface area contributed by atoms with E-state index in [2.05, 4.69) is 81.1 Å². The van der Waals surface area contributed by atoms with Gasteiger partial charge in [-0.3, -0.25) is 0 Å². The lowest BCUT2D eigenvalue weighted by atomic mass is 9.59. The van der Waals surface area contributed by atoms with Crippen LogP contribution in [0.2, 0.25) is 0 Å². The van der Waals surface area contributed by atoms with E-state index in [4.69, 9.17) is 0 Å². The van der Waals surface area contributed by atoms with E-state index in [-0.39, 0.29) is 0 Å². The zero-order valence-corrected chi connectivity index (χ0v) is 15.5. The van der Waals surface area contributed by atoms with E-state index >= 15 is 0 Å². The molecule has 1 aliphatic carbocycles. The summed E-state index contributed by atoms with van der Waals surface area (Å²) in [6.45, 7) is 9.70. The van der Waals surface area contributed by atoms with Crippen molar-refractivity contribution in [3.63, 3.8) is 0 Å². The fourth-order valence-electron chi connectivity index (χ4n) is 4.98. The third-order valence-corrected chi connectivity index (χ3v) is 7.02. The Bertz CT molecular complexity index is 738. The van der Waals surface area contributed by atoms with Crippen molar-refractivity contribution >= 4 is 5.69 Å². The number of hydrogen-bond acceptors (Lipinski definition) is 1. The number of piperidine rings is 2. The first kappa shape index (κ1) is 15.7. The third-order valence-electron chi connectivity index (χ3n) is 7.02. The van der Waals surface area contributed by atoms with Crippen molar-refractivity contribution in [1.29, 1.82) is 0 Å². The Morgan fingerprint density at radius 3 is 2.21 bits per heavy atom. The predicted molar refractivity (Wildman–Crippen MR) is 104 cm³/mol. The molecule has 2 aliphatic heterocycles. The molecule has 2 aromatic carbocycles. The van der Waals surface area contributed by atoms with Crippen LogP contribution in [0.15, 0.2) is 48.5 Å². The highest BCUT2D eigenvalue weighted by Gasteiger charge is 2.53. The minimum absolute atomic E-state index is 0.317. The maximum atomic E-state index is 2.77. The summed E-state index contributed by atoms with van der Waals surface area (Å²) in [6, 6.07) is 18.4. The van der Waals surface area contributed by atoms with Crippen LogP contribution in [0.4, 0.5) is 5.69 Å². The van der Waals surface area contributed by atoms with E-state index in [1.165, 1.54) is 48.1 Å². The van der Waals surface area contributed by atoms with Gasteiger partial charge in [-0.1, -0.05) is 49.4 Å².